The molecule has 0 spiro atoms. The molecule has 7 nitrogen and oxygen atoms in total. The van der Waals surface area contributed by atoms with Gasteiger partial charge in [-0.2, -0.15) is 0 Å². The molecule has 2 heterocycles. The highest BCUT2D eigenvalue weighted by Crippen LogP contribution is 2.26. The van der Waals surface area contributed by atoms with Crippen molar-refractivity contribution >= 4 is 51.0 Å². The summed E-state index contributed by atoms with van der Waals surface area (Å²) >= 11 is 7.15. The zero-order chi connectivity index (χ0) is 19.5. The largest absolute Gasteiger partial charge is 0.452 e. The van der Waals surface area contributed by atoms with Crippen LogP contribution in [0, 0.1) is 0 Å². The predicted molar refractivity (Wildman–Crippen MR) is 105 cm³/mol. The van der Waals surface area contributed by atoms with Crippen molar-refractivity contribution in [3.05, 3.63) is 64.8 Å². The number of anilines is 1. The first-order valence-corrected chi connectivity index (χ1v) is 9.36. The summed E-state index contributed by atoms with van der Waals surface area (Å²) in [5, 5.41) is 5.48. The van der Waals surface area contributed by atoms with Crippen molar-refractivity contribution in [3.63, 3.8) is 0 Å². The van der Waals surface area contributed by atoms with Crippen molar-refractivity contribution in [2.24, 2.45) is 0 Å². The first-order chi connectivity index (χ1) is 13.6. The van der Waals surface area contributed by atoms with Gasteiger partial charge in [-0.1, -0.05) is 23.7 Å². The number of carbonyl (C=O) groups excluding carboxylic acids is 2. The zero-order valence-corrected chi connectivity index (χ0v) is 15.8. The number of nitrogens with one attached hydrogen (secondary N) is 1. The van der Waals surface area contributed by atoms with Gasteiger partial charge in [0, 0.05) is 16.0 Å². The molecule has 28 heavy (non-hydrogen) atoms. The monoisotopic (exact) mass is 413 g/mol. The quantitative estimate of drug-likeness (QED) is 0.487. The van der Waals surface area contributed by atoms with Crippen molar-refractivity contribution < 1.29 is 18.7 Å². The second-order valence-corrected chi connectivity index (χ2v) is 7.00. The number of hydrogen-bond donors (Lipinski definition) is 1. The van der Waals surface area contributed by atoms with E-state index in [1.807, 2.05) is 17.5 Å². The molecule has 0 unspecified atom stereocenters. The molecule has 0 aliphatic carbocycles. The van der Waals surface area contributed by atoms with Crippen LogP contribution in [-0.4, -0.2) is 28.5 Å². The number of fused-ring (bicyclic) bond motifs is 1. The Bertz CT molecular complexity index is 1150. The Morgan fingerprint density at radius 2 is 2.00 bits per heavy atom. The second-order valence-electron chi connectivity index (χ2n) is 5.70. The molecule has 0 fully saturated rings. The van der Waals surface area contributed by atoms with Crippen LogP contribution in [0.1, 0.15) is 10.4 Å². The van der Waals surface area contributed by atoms with E-state index < -0.39 is 18.5 Å². The van der Waals surface area contributed by atoms with Gasteiger partial charge in [-0.25, -0.2) is 14.8 Å². The van der Waals surface area contributed by atoms with Gasteiger partial charge >= 0.3 is 5.97 Å². The Balaban J connectivity index is 1.34. The smallest absolute Gasteiger partial charge is 0.338 e. The number of ether oxygens (including phenoxy) is 1. The summed E-state index contributed by atoms with van der Waals surface area (Å²) < 4.78 is 10.2. The minimum Gasteiger partial charge on any atom is -0.452 e. The topological polar surface area (TPSA) is 94.3 Å². The molecule has 4 aromatic rings. The van der Waals surface area contributed by atoms with Gasteiger partial charge in [0.05, 0.1) is 11.3 Å². The standard InChI is InChI=1S/C19H12ClN3O4S/c20-13-4-1-11(2-5-13)15-9-28-19(22-15)23-17(24)8-26-18(25)12-3-6-14-16(7-12)27-10-21-14/h1-7,9-10H,8H2,(H,22,23,24). The number of amides is 1. The third-order valence-corrected chi connectivity index (χ3v) is 4.80. The SMILES string of the molecule is O=C(COC(=O)c1ccc2ncoc2c1)Nc1nc(-c2ccc(Cl)cc2)cs1. The molecule has 0 atom stereocenters. The summed E-state index contributed by atoms with van der Waals surface area (Å²) in [5.74, 6) is -1.11. The number of thiazole rings is 1. The average molecular weight is 414 g/mol. The fraction of sp³-hybridized carbons (Fsp3) is 0.0526. The lowest BCUT2D eigenvalue weighted by molar-refractivity contribution is -0.119. The van der Waals surface area contributed by atoms with Crippen molar-refractivity contribution in [1.29, 1.82) is 0 Å². The van der Waals surface area contributed by atoms with E-state index in [2.05, 4.69) is 15.3 Å². The third-order valence-electron chi connectivity index (χ3n) is 3.79. The average Bonchev–Trinajstić information content (AvgIpc) is 3.35. The van der Waals surface area contributed by atoms with Gasteiger partial charge in [-0.3, -0.25) is 10.1 Å². The van der Waals surface area contributed by atoms with Crippen LogP contribution in [0.3, 0.4) is 0 Å². The van der Waals surface area contributed by atoms with E-state index in [0.29, 0.717) is 26.9 Å². The van der Waals surface area contributed by atoms with Crippen LogP contribution in [0.4, 0.5) is 5.13 Å². The summed E-state index contributed by atoms with van der Waals surface area (Å²) in [6.07, 6.45) is 1.29. The van der Waals surface area contributed by atoms with E-state index in [9.17, 15) is 9.59 Å². The van der Waals surface area contributed by atoms with Crippen LogP contribution >= 0.6 is 22.9 Å². The summed E-state index contributed by atoms with van der Waals surface area (Å²) in [7, 11) is 0. The molecule has 1 N–H and O–H groups in total. The Labute approximate surface area is 167 Å². The lowest BCUT2D eigenvalue weighted by Crippen LogP contribution is -2.20. The summed E-state index contributed by atoms with van der Waals surface area (Å²) in [5.41, 5.74) is 2.98. The van der Waals surface area contributed by atoms with Crippen molar-refractivity contribution in [3.8, 4) is 11.3 Å². The van der Waals surface area contributed by atoms with Gasteiger partial charge in [0.25, 0.3) is 5.91 Å². The Morgan fingerprint density at radius 3 is 2.82 bits per heavy atom. The van der Waals surface area contributed by atoms with Gasteiger partial charge in [0.15, 0.2) is 23.7 Å². The van der Waals surface area contributed by atoms with Gasteiger partial charge in [0.2, 0.25) is 0 Å². The molecule has 1 amide bonds. The maximum Gasteiger partial charge on any atom is 0.338 e. The lowest BCUT2D eigenvalue weighted by atomic mass is 10.2. The summed E-state index contributed by atoms with van der Waals surface area (Å²) in [4.78, 5) is 32.5. The van der Waals surface area contributed by atoms with Crippen LogP contribution in [0.25, 0.3) is 22.4 Å². The molecule has 0 aliphatic heterocycles. The lowest BCUT2D eigenvalue weighted by Gasteiger charge is -2.04. The number of nitrogens with zero attached hydrogens (tertiary/aromatic N) is 2. The van der Waals surface area contributed by atoms with Crippen molar-refractivity contribution in [2.75, 3.05) is 11.9 Å². The van der Waals surface area contributed by atoms with Crippen LogP contribution in [0.15, 0.2) is 58.7 Å². The number of rotatable bonds is 5. The number of benzene rings is 2. The molecular weight excluding hydrogens is 402 g/mol. The first kappa shape index (κ1) is 18.1. The summed E-state index contributed by atoms with van der Waals surface area (Å²) in [6, 6.07) is 11.9. The number of hydrogen-bond acceptors (Lipinski definition) is 7. The molecule has 4 rings (SSSR count). The van der Waals surface area contributed by atoms with E-state index in [-0.39, 0.29) is 5.56 Å². The van der Waals surface area contributed by atoms with Crippen LogP contribution in [0.2, 0.25) is 5.02 Å². The van der Waals surface area contributed by atoms with Gasteiger partial charge in [-0.15, -0.1) is 11.3 Å². The highest BCUT2D eigenvalue weighted by molar-refractivity contribution is 7.14. The number of esters is 1. The maximum absolute atomic E-state index is 12.1. The molecule has 2 aromatic carbocycles. The van der Waals surface area contributed by atoms with Crippen LogP contribution < -0.4 is 5.32 Å². The van der Waals surface area contributed by atoms with Crippen LogP contribution in [-0.2, 0) is 9.53 Å². The Hall–Kier alpha value is -3.23. The molecular formula is C19H12ClN3O4S. The van der Waals surface area contributed by atoms with E-state index in [0.717, 1.165) is 5.56 Å². The van der Waals surface area contributed by atoms with Crippen molar-refractivity contribution in [2.45, 2.75) is 0 Å². The highest BCUT2D eigenvalue weighted by atomic mass is 35.5. The van der Waals surface area contributed by atoms with Crippen LogP contribution in [0.5, 0.6) is 0 Å². The number of oxazole rings is 1. The normalized spacial score (nSPS) is 10.8. The minimum atomic E-state index is -0.630. The molecule has 140 valence electrons. The molecule has 0 bridgehead atoms. The minimum absolute atomic E-state index is 0.274. The van der Waals surface area contributed by atoms with E-state index in [4.69, 9.17) is 20.8 Å². The fourth-order valence-electron chi connectivity index (χ4n) is 2.44. The number of carbonyl (C=O) groups is 2. The highest BCUT2D eigenvalue weighted by Gasteiger charge is 2.13. The predicted octanol–water partition coefficient (Wildman–Crippen LogP) is 4.40. The first-order valence-electron chi connectivity index (χ1n) is 8.10. The van der Waals surface area contributed by atoms with Crippen molar-refractivity contribution in [1.82, 2.24) is 9.97 Å². The van der Waals surface area contributed by atoms with E-state index in [1.165, 1.54) is 23.8 Å². The molecule has 0 saturated heterocycles. The Kier molecular flexibility index (Phi) is 5.05. The van der Waals surface area contributed by atoms with Gasteiger partial charge < -0.3 is 9.15 Å². The third kappa shape index (κ3) is 4.03. The van der Waals surface area contributed by atoms with Gasteiger partial charge in [-0.05, 0) is 30.3 Å². The Morgan fingerprint density at radius 1 is 1.18 bits per heavy atom. The maximum atomic E-state index is 12.1. The fourth-order valence-corrected chi connectivity index (χ4v) is 3.30. The van der Waals surface area contributed by atoms with Gasteiger partial charge in [0.1, 0.15) is 5.52 Å². The number of aromatic nitrogens is 2. The van der Waals surface area contributed by atoms with E-state index in [1.54, 1.807) is 24.3 Å². The molecule has 0 aliphatic rings. The zero-order valence-electron chi connectivity index (χ0n) is 14.2. The molecule has 0 radical (unpaired) electrons. The summed E-state index contributed by atoms with van der Waals surface area (Å²) in [6.45, 7) is -0.427. The van der Waals surface area contributed by atoms with E-state index >= 15 is 0 Å². The molecule has 0 saturated carbocycles. The second kappa shape index (κ2) is 7.79. The number of halogens is 1. The molecule has 9 heteroatoms. The molecule has 2 aromatic heterocycles.